The van der Waals surface area contributed by atoms with Gasteiger partial charge in [-0.15, -0.1) is 0 Å². The number of carbonyl (C=O) groups is 2. The number of hydrogen-bond donors (Lipinski definition) is 1. The molecule has 1 aromatic carbocycles. The fourth-order valence-electron chi connectivity index (χ4n) is 2.39. The van der Waals surface area contributed by atoms with Crippen molar-refractivity contribution >= 4 is 28.3 Å². The molecule has 2 amide bonds. The van der Waals surface area contributed by atoms with E-state index in [9.17, 15) is 9.59 Å². The fraction of sp³-hybridized carbons (Fsp3) is 0.214. The maximum Gasteiger partial charge on any atom is 0.227 e. The standard InChI is InChI=1S/C14H13N3O2/c15-14(19)11-6-13(18)17(8-11)12-2-1-10-7-16-4-3-9(10)5-12/h1-5,7,11H,6,8H2,(H2,15,19). The number of hydrogen-bond acceptors (Lipinski definition) is 3. The van der Waals surface area contributed by atoms with Crippen molar-refractivity contribution in [2.75, 3.05) is 11.4 Å². The lowest BCUT2D eigenvalue weighted by atomic mass is 10.1. The van der Waals surface area contributed by atoms with Crippen LogP contribution in [0.1, 0.15) is 6.42 Å². The van der Waals surface area contributed by atoms with Crippen LogP contribution in [0.3, 0.4) is 0 Å². The predicted molar refractivity (Wildman–Crippen MR) is 71.4 cm³/mol. The van der Waals surface area contributed by atoms with Crippen LogP contribution in [-0.2, 0) is 9.59 Å². The van der Waals surface area contributed by atoms with E-state index in [4.69, 9.17) is 5.73 Å². The molecule has 0 spiro atoms. The van der Waals surface area contributed by atoms with Gasteiger partial charge in [-0.05, 0) is 23.6 Å². The van der Waals surface area contributed by atoms with Crippen LogP contribution in [0.4, 0.5) is 5.69 Å². The van der Waals surface area contributed by atoms with Crippen molar-refractivity contribution in [1.29, 1.82) is 0 Å². The number of primary amides is 1. The quantitative estimate of drug-likeness (QED) is 0.872. The second-order valence-corrected chi connectivity index (χ2v) is 4.71. The summed E-state index contributed by atoms with van der Waals surface area (Å²) in [4.78, 5) is 28.8. The van der Waals surface area contributed by atoms with Gasteiger partial charge in [-0.2, -0.15) is 0 Å². The van der Waals surface area contributed by atoms with Crippen molar-refractivity contribution in [3.63, 3.8) is 0 Å². The molecule has 0 saturated carbocycles. The Labute approximate surface area is 110 Å². The first-order valence-electron chi connectivity index (χ1n) is 6.08. The van der Waals surface area contributed by atoms with Gasteiger partial charge in [0.25, 0.3) is 0 Å². The highest BCUT2D eigenvalue weighted by atomic mass is 16.2. The number of fused-ring (bicyclic) bond motifs is 1. The number of anilines is 1. The summed E-state index contributed by atoms with van der Waals surface area (Å²) >= 11 is 0. The van der Waals surface area contributed by atoms with E-state index >= 15 is 0 Å². The van der Waals surface area contributed by atoms with Crippen LogP contribution in [0.15, 0.2) is 36.7 Å². The van der Waals surface area contributed by atoms with Gasteiger partial charge < -0.3 is 10.6 Å². The van der Waals surface area contributed by atoms with Crippen molar-refractivity contribution in [2.24, 2.45) is 11.7 Å². The molecule has 1 unspecified atom stereocenters. The third-order valence-electron chi connectivity index (χ3n) is 3.46. The van der Waals surface area contributed by atoms with E-state index in [1.54, 1.807) is 17.3 Å². The molecule has 1 saturated heterocycles. The summed E-state index contributed by atoms with van der Waals surface area (Å²) in [5.74, 6) is -0.862. The minimum Gasteiger partial charge on any atom is -0.369 e. The molecular weight excluding hydrogens is 242 g/mol. The predicted octanol–water partition coefficient (Wildman–Crippen LogP) is 1.07. The van der Waals surface area contributed by atoms with Gasteiger partial charge in [0.05, 0.1) is 5.92 Å². The van der Waals surface area contributed by atoms with E-state index < -0.39 is 5.91 Å². The summed E-state index contributed by atoms with van der Waals surface area (Å²) in [6.45, 7) is 0.366. The van der Waals surface area contributed by atoms with Gasteiger partial charge in [0, 0.05) is 36.4 Å². The van der Waals surface area contributed by atoms with Gasteiger partial charge in [-0.1, -0.05) is 6.07 Å². The van der Waals surface area contributed by atoms with Crippen molar-refractivity contribution < 1.29 is 9.59 Å². The van der Waals surface area contributed by atoms with Crippen molar-refractivity contribution in [3.05, 3.63) is 36.7 Å². The fourth-order valence-corrected chi connectivity index (χ4v) is 2.39. The lowest BCUT2D eigenvalue weighted by molar-refractivity contribution is -0.123. The van der Waals surface area contributed by atoms with E-state index in [-0.39, 0.29) is 18.2 Å². The maximum absolute atomic E-state index is 11.9. The minimum atomic E-state index is -0.416. The molecule has 19 heavy (non-hydrogen) atoms. The minimum absolute atomic E-state index is 0.0581. The Hall–Kier alpha value is -2.43. The zero-order chi connectivity index (χ0) is 13.4. The first-order valence-corrected chi connectivity index (χ1v) is 6.08. The molecule has 3 rings (SSSR count). The molecule has 1 aliphatic heterocycles. The van der Waals surface area contributed by atoms with Gasteiger partial charge >= 0.3 is 0 Å². The number of rotatable bonds is 2. The molecule has 1 atom stereocenters. The molecular formula is C14H13N3O2. The molecule has 96 valence electrons. The van der Waals surface area contributed by atoms with Gasteiger partial charge in [-0.25, -0.2) is 0 Å². The molecule has 0 radical (unpaired) electrons. The zero-order valence-corrected chi connectivity index (χ0v) is 10.2. The molecule has 5 heteroatoms. The van der Waals surface area contributed by atoms with Crippen LogP contribution in [0.2, 0.25) is 0 Å². The normalized spacial score (nSPS) is 19.1. The average Bonchev–Trinajstić information content (AvgIpc) is 2.80. The Kier molecular flexibility index (Phi) is 2.67. The van der Waals surface area contributed by atoms with Gasteiger partial charge in [-0.3, -0.25) is 14.6 Å². The van der Waals surface area contributed by atoms with Gasteiger partial charge in [0.2, 0.25) is 11.8 Å². The largest absolute Gasteiger partial charge is 0.369 e. The molecule has 2 N–H and O–H groups in total. The van der Waals surface area contributed by atoms with Crippen LogP contribution in [-0.4, -0.2) is 23.3 Å². The SMILES string of the molecule is NC(=O)C1CC(=O)N(c2ccc3cnccc3c2)C1. The molecule has 1 aliphatic rings. The lowest BCUT2D eigenvalue weighted by Crippen LogP contribution is -2.28. The highest BCUT2D eigenvalue weighted by Crippen LogP contribution is 2.27. The number of nitrogens with zero attached hydrogens (tertiary/aromatic N) is 2. The summed E-state index contributed by atoms with van der Waals surface area (Å²) < 4.78 is 0. The van der Waals surface area contributed by atoms with E-state index in [2.05, 4.69) is 4.98 Å². The number of nitrogens with two attached hydrogens (primary N) is 1. The van der Waals surface area contributed by atoms with Gasteiger partial charge in [0.1, 0.15) is 0 Å². The van der Waals surface area contributed by atoms with Crippen LogP contribution >= 0.6 is 0 Å². The molecule has 2 heterocycles. The first-order chi connectivity index (χ1) is 9.15. The molecule has 2 aromatic rings. The number of benzene rings is 1. The molecule has 0 bridgehead atoms. The molecule has 5 nitrogen and oxygen atoms in total. The summed E-state index contributed by atoms with van der Waals surface area (Å²) in [7, 11) is 0. The Morgan fingerprint density at radius 3 is 2.89 bits per heavy atom. The van der Waals surface area contributed by atoms with Crippen LogP contribution in [0.5, 0.6) is 0 Å². The Bertz CT molecular complexity index is 669. The van der Waals surface area contributed by atoms with Crippen molar-refractivity contribution in [1.82, 2.24) is 4.98 Å². The lowest BCUT2D eigenvalue weighted by Gasteiger charge is -2.16. The number of carbonyl (C=O) groups excluding carboxylic acids is 2. The third-order valence-corrected chi connectivity index (χ3v) is 3.46. The summed E-state index contributed by atoms with van der Waals surface area (Å²) in [5.41, 5.74) is 6.06. The van der Waals surface area contributed by atoms with Crippen LogP contribution < -0.4 is 10.6 Å². The Morgan fingerprint density at radius 2 is 2.16 bits per heavy atom. The highest BCUT2D eigenvalue weighted by molar-refractivity contribution is 6.01. The summed E-state index contributed by atoms with van der Waals surface area (Å²) in [6, 6.07) is 7.61. The number of aromatic nitrogens is 1. The van der Waals surface area contributed by atoms with E-state index in [0.29, 0.717) is 6.54 Å². The third kappa shape index (κ3) is 2.03. The Balaban J connectivity index is 1.96. The van der Waals surface area contributed by atoms with Crippen molar-refractivity contribution in [2.45, 2.75) is 6.42 Å². The maximum atomic E-state index is 11.9. The zero-order valence-electron chi connectivity index (χ0n) is 10.2. The summed E-state index contributed by atoms with van der Waals surface area (Å²) in [6.07, 6.45) is 3.69. The van der Waals surface area contributed by atoms with Gasteiger partial charge in [0.15, 0.2) is 0 Å². The average molecular weight is 255 g/mol. The monoisotopic (exact) mass is 255 g/mol. The molecule has 1 aromatic heterocycles. The van der Waals surface area contributed by atoms with E-state index in [1.807, 2.05) is 24.3 Å². The second-order valence-electron chi connectivity index (χ2n) is 4.71. The van der Waals surface area contributed by atoms with E-state index in [1.165, 1.54) is 0 Å². The smallest absolute Gasteiger partial charge is 0.227 e. The topological polar surface area (TPSA) is 76.3 Å². The van der Waals surface area contributed by atoms with Crippen LogP contribution in [0, 0.1) is 5.92 Å². The van der Waals surface area contributed by atoms with E-state index in [0.717, 1.165) is 16.5 Å². The van der Waals surface area contributed by atoms with Crippen LogP contribution in [0.25, 0.3) is 10.8 Å². The molecule has 1 fully saturated rings. The highest BCUT2D eigenvalue weighted by Gasteiger charge is 2.33. The first kappa shape index (κ1) is 11.6. The number of amides is 2. The Morgan fingerprint density at radius 1 is 1.32 bits per heavy atom. The molecule has 0 aliphatic carbocycles. The van der Waals surface area contributed by atoms with Crippen molar-refractivity contribution in [3.8, 4) is 0 Å². The number of pyridine rings is 1. The summed E-state index contributed by atoms with van der Waals surface area (Å²) in [5, 5.41) is 2.03. The second kappa shape index (κ2) is 4.35.